The van der Waals surface area contributed by atoms with Crippen molar-refractivity contribution in [3.63, 3.8) is 0 Å². The van der Waals surface area contributed by atoms with Gasteiger partial charge in [0.25, 0.3) is 15.9 Å². The predicted octanol–water partition coefficient (Wildman–Crippen LogP) is 3.90. The van der Waals surface area contributed by atoms with Crippen LogP contribution >= 0.6 is 11.3 Å². The summed E-state index contributed by atoms with van der Waals surface area (Å²) in [5.74, 6) is -0.770. The number of thiophene rings is 1. The lowest BCUT2D eigenvalue weighted by Crippen LogP contribution is -2.28. The van der Waals surface area contributed by atoms with E-state index in [0.717, 1.165) is 17.7 Å². The van der Waals surface area contributed by atoms with Crippen LogP contribution in [0.5, 0.6) is 5.75 Å². The van der Waals surface area contributed by atoms with Gasteiger partial charge >= 0.3 is 0 Å². The topological polar surface area (TPSA) is 75.7 Å². The Morgan fingerprint density at radius 3 is 2.76 bits per heavy atom. The zero-order chi connectivity index (χ0) is 20.6. The molecule has 0 bridgehead atoms. The van der Waals surface area contributed by atoms with Gasteiger partial charge in [-0.25, -0.2) is 12.8 Å². The van der Waals surface area contributed by atoms with Crippen molar-refractivity contribution in [1.29, 1.82) is 0 Å². The molecular weight excluding hydrogens is 415 g/mol. The molecule has 1 aliphatic rings. The van der Waals surface area contributed by atoms with E-state index in [1.165, 1.54) is 24.5 Å². The molecule has 0 spiro atoms. The molecule has 0 radical (unpaired) electrons. The van der Waals surface area contributed by atoms with Gasteiger partial charge in [-0.1, -0.05) is 12.1 Å². The number of nitrogens with zero attached hydrogens (tertiary/aromatic N) is 1. The molecule has 6 nitrogen and oxygen atoms in total. The van der Waals surface area contributed by atoms with E-state index in [0.29, 0.717) is 23.5 Å². The van der Waals surface area contributed by atoms with Crippen LogP contribution in [0.15, 0.2) is 58.8 Å². The second-order valence-electron chi connectivity index (χ2n) is 6.43. The smallest absolute Gasteiger partial charge is 0.268 e. The summed E-state index contributed by atoms with van der Waals surface area (Å²) in [5, 5.41) is 1.83. The normalized spacial score (nSPS) is 13.2. The maximum atomic E-state index is 13.6. The molecule has 0 atom stereocenters. The third-order valence-corrected chi connectivity index (χ3v) is 6.89. The first-order valence-corrected chi connectivity index (χ1v) is 11.1. The van der Waals surface area contributed by atoms with Crippen molar-refractivity contribution in [3.8, 4) is 5.75 Å². The molecular formula is C20H17FN2O4S2. The summed E-state index contributed by atoms with van der Waals surface area (Å²) in [5.41, 5.74) is 1.90. The maximum absolute atomic E-state index is 13.6. The van der Waals surface area contributed by atoms with E-state index in [-0.39, 0.29) is 22.2 Å². The van der Waals surface area contributed by atoms with Crippen LogP contribution in [0.25, 0.3) is 0 Å². The van der Waals surface area contributed by atoms with E-state index < -0.39 is 15.8 Å². The Morgan fingerprint density at radius 2 is 2.03 bits per heavy atom. The third kappa shape index (κ3) is 3.70. The van der Waals surface area contributed by atoms with Gasteiger partial charge in [0, 0.05) is 12.2 Å². The van der Waals surface area contributed by atoms with E-state index in [4.69, 9.17) is 4.74 Å². The zero-order valence-electron chi connectivity index (χ0n) is 15.4. The number of anilines is 2. The molecule has 150 valence electrons. The average molecular weight is 432 g/mol. The van der Waals surface area contributed by atoms with Gasteiger partial charge in [0.2, 0.25) is 0 Å². The van der Waals surface area contributed by atoms with Gasteiger partial charge in [0.15, 0.2) is 0 Å². The molecule has 0 saturated carbocycles. The summed E-state index contributed by atoms with van der Waals surface area (Å²) in [4.78, 5) is 14.7. The van der Waals surface area contributed by atoms with Crippen molar-refractivity contribution < 1.29 is 22.3 Å². The molecule has 9 heteroatoms. The summed E-state index contributed by atoms with van der Waals surface area (Å²) in [7, 11) is -2.78. The largest absolute Gasteiger partial charge is 0.495 e. The highest BCUT2D eigenvalue weighted by Gasteiger charge is 2.27. The average Bonchev–Trinajstić information content (AvgIpc) is 3.37. The molecule has 2 heterocycles. The molecule has 4 rings (SSSR count). The fraction of sp³-hybridized carbons (Fsp3) is 0.150. The number of sulfonamides is 1. The van der Waals surface area contributed by atoms with Crippen LogP contribution in [0, 0.1) is 5.82 Å². The molecule has 0 aliphatic carbocycles. The molecule has 2 aromatic carbocycles. The summed E-state index contributed by atoms with van der Waals surface area (Å²) in [6.45, 7) is 0.528. The monoisotopic (exact) mass is 432 g/mol. The molecule has 1 aromatic heterocycles. The highest BCUT2D eigenvalue weighted by atomic mass is 32.2. The van der Waals surface area contributed by atoms with Crippen molar-refractivity contribution >= 4 is 38.6 Å². The summed E-state index contributed by atoms with van der Waals surface area (Å²) in [6, 6.07) is 11.9. The Kier molecular flexibility index (Phi) is 5.01. The van der Waals surface area contributed by atoms with Crippen LogP contribution in [0.1, 0.15) is 15.2 Å². The number of rotatable bonds is 5. The Morgan fingerprint density at radius 1 is 1.21 bits per heavy atom. The SMILES string of the molecule is COc1ccc(F)cc1S(=O)(=O)Nc1ccc2c(c1)N(C(=O)c1cccs1)CC2. The molecule has 1 N–H and O–H groups in total. The lowest BCUT2D eigenvalue weighted by atomic mass is 10.1. The molecule has 29 heavy (non-hydrogen) atoms. The number of ether oxygens (including phenoxy) is 1. The number of fused-ring (bicyclic) bond motifs is 1. The first-order chi connectivity index (χ1) is 13.9. The molecule has 3 aromatic rings. The molecule has 1 aliphatic heterocycles. The van der Waals surface area contributed by atoms with Gasteiger partial charge in [-0.3, -0.25) is 9.52 Å². The number of hydrogen-bond acceptors (Lipinski definition) is 5. The summed E-state index contributed by atoms with van der Waals surface area (Å²) >= 11 is 1.36. The van der Waals surface area contributed by atoms with E-state index in [1.54, 1.807) is 29.2 Å². The maximum Gasteiger partial charge on any atom is 0.268 e. The van der Waals surface area contributed by atoms with Gasteiger partial charge in [-0.15, -0.1) is 11.3 Å². The van der Waals surface area contributed by atoms with Gasteiger partial charge in [0.1, 0.15) is 16.5 Å². The van der Waals surface area contributed by atoms with Crippen molar-refractivity contribution in [2.24, 2.45) is 0 Å². The molecule has 0 saturated heterocycles. The van der Waals surface area contributed by atoms with Crippen molar-refractivity contribution in [2.45, 2.75) is 11.3 Å². The third-order valence-electron chi connectivity index (χ3n) is 4.63. The van der Waals surface area contributed by atoms with Gasteiger partial charge in [-0.05, 0) is 53.8 Å². The summed E-state index contributed by atoms with van der Waals surface area (Å²) in [6.07, 6.45) is 0.692. The lowest BCUT2D eigenvalue weighted by Gasteiger charge is -2.18. The van der Waals surface area contributed by atoms with Crippen LogP contribution in [0.2, 0.25) is 0 Å². The number of nitrogens with one attached hydrogen (secondary N) is 1. The van der Waals surface area contributed by atoms with Gasteiger partial charge < -0.3 is 9.64 Å². The zero-order valence-corrected chi connectivity index (χ0v) is 17.0. The highest BCUT2D eigenvalue weighted by molar-refractivity contribution is 7.92. The van der Waals surface area contributed by atoms with Crippen LogP contribution in [-0.4, -0.2) is 28.0 Å². The van der Waals surface area contributed by atoms with Crippen molar-refractivity contribution in [2.75, 3.05) is 23.3 Å². The van der Waals surface area contributed by atoms with E-state index in [1.807, 2.05) is 11.4 Å². The van der Waals surface area contributed by atoms with Crippen LogP contribution < -0.4 is 14.4 Å². The number of amides is 1. The number of hydrogen-bond donors (Lipinski definition) is 1. The Hall–Kier alpha value is -2.91. The Bertz CT molecular complexity index is 1180. The fourth-order valence-corrected chi connectivity index (χ4v) is 5.16. The van der Waals surface area contributed by atoms with Crippen LogP contribution in [-0.2, 0) is 16.4 Å². The minimum atomic E-state index is -4.09. The second kappa shape index (κ2) is 7.49. The van der Waals surface area contributed by atoms with Crippen LogP contribution in [0.3, 0.4) is 0 Å². The standard InChI is InChI=1S/C20H17FN2O4S2/c1-27-17-7-5-14(21)11-19(17)29(25,26)22-15-6-4-13-8-9-23(16(13)12-15)20(24)18-3-2-10-28-18/h2-7,10-12,22H,8-9H2,1H3. The number of halogens is 1. The molecule has 1 amide bonds. The van der Waals surface area contributed by atoms with E-state index in [9.17, 15) is 17.6 Å². The predicted molar refractivity (Wildman–Crippen MR) is 110 cm³/mol. The minimum Gasteiger partial charge on any atom is -0.495 e. The lowest BCUT2D eigenvalue weighted by molar-refractivity contribution is 0.0993. The number of methoxy groups -OCH3 is 1. The molecule has 0 unspecified atom stereocenters. The fourth-order valence-electron chi connectivity index (χ4n) is 3.26. The van der Waals surface area contributed by atoms with Gasteiger partial charge in [0.05, 0.1) is 17.7 Å². The Labute approximate surface area is 171 Å². The second-order valence-corrected chi connectivity index (χ2v) is 9.03. The molecule has 0 fully saturated rings. The number of carbonyl (C=O) groups excluding carboxylic acids is 1. The first-order valence-electron chi connectivity index (χ1n) is 8.74. The van der Waals surface area contributed by atoms with Crippen molar-refractivity contribution in [1.82, 2.24) is 0 Å². The van der Waals surface area contributed by atoms with Gasteiger partial charge in [-0.2, -0.15) is 0 Å². The number of benzene rings is 2. The van der Waals surface area contributed by atoms with E-state index in [2.05, 4.69) is 4.72 Å². The van der Waals surface area contributed by atoms with E-state index >= 15 is 0 Å². The number of carbonyl (C=O) groups is 1. The first kappa shape index (κ1) is 19.4. The van der Waals surface area contributed by atoms with Crippen molar-refractivity contribution in [3.05, 3.63) is 70.2 Å². The quantitative estimate of drug-likeness (QED) is 0.664. The minimum absolute atomic E-state index is 0.0366. The van der Waals surface area contributed by atoms with Crippen LogP contribution in [0.4, 0.5) is 15.8 Å². The summed E-state index contributed by atoms with van der Waals surface area (Å²) < 4.78 is 46.7. The Balaban J connectivity index is 1.66. The highest BCUT2D eigenvalue weighted by Crippen LogP contribution is 2.34.